The number of carbonyl (C=O) groups excluding carboxylic acids is 4. The number of anilines is 1. The molecule has 1 aliphatic carbocycles. The fourth-order valence-electron chi connectivity index (χ4n) is 3.86. The van der Waals surface area contributed by atoms with Crippen LogP contribution in [0.4, 0.5) is 10.5 Å². The second kappa shape index (κ2) is 9.20. The molecular weight excluding hydrogens is 402 g/mol. The molecule has 0 aromatic heterocycles. The van der Waals surface area contributed by atoms with Crippen LogP contribution in [0.3, 0.4) is 0 Å². The van der Waals surface area contributed by atoms with E-state index >= 15 is 0 Å². The standard InChI is InChI=1S/C22H25N3O6/c26-19(23-16-7-8-17-18(13-16)31-12-4-11-30-17)14-25-21(28)20(27)24(22(25)29)10-9-15-5-2-1-3-6-15/h5,7-8,13H,1-4,6,9-12,14H2,(H,23,26). The van der Waals surface area contributed by atoms with Gasteiger partial charge < -0.3 is 14.8 Å². The molecule has 5 amide bonds. The molecule has 0 saturated carbocycles. The second-order valence-corrected chi connectivity index (χ2v) is 7.75. The lowest BCUT2D eigenvalue weighted by molar-refractivity contribution is -0.143. The molecular formula is C22H25N3O6. The maximum Gasteiger partial charge on any atom is 0.334 e. The second-order valence-electron chi connectivity index (χ2n) is 7.75. The minimum absolute atomic E-state index is 0.148. The van der Waals surface area contributed by atoms with Crippen molar-refractivity contribution in [2.24, 2.45) is 0 Å². The van der Waals surface area contributed by atoms with Gasteiger partial charge in [0, 0.05) is 24.7 Å². The Morgan fingerprint density at radius 2 is 1.74 bits per heavy atom. The number of allylic oxidation sites excluding steroid dienone is 1. The van der Waals surface area contributed by atoms with Crippen LogP contribution in [0.15, 0.2) is 29.8 Å². The molecule has 1 aromatic carbocycles. The number of carbonyl (C=O) groups is 4. The summed E-state index contributed by atoms with van der Waals surface area (Å²) < 4.78 is 11.1. The van der Waals surface area contributed by atoms with Crippen LogP contribution in [0, 0.1) is 0 Å². The molecule has 0 radical (unpaired) electrons. The van der Waals surface area contributed by atoms with Gasteiger partial charge in [-0.2, -0.15) is 0 Å². The van der Waals surface area contributed by atoms with E-state index < -0.39 is 30.3 Å². The van der Waals surface area contributed by atoms with Crippen LogP contribution in [0.1, 0.15) is 38.5 Å². The maximum atomic E-state index is 12.6. The number of ether oxygens (including phenoxy) is 2. The zero-order valence-corrected chi connectivity index (χ0v) is 17.2. The lowest BCUT2D eigenvalue weighted by atomic mass is 9.97. The van der Waals surface area contributed by atoms with Crippen molar-refractivity contribution in [3.05, 3.63) is 29.8 Å². The lowest BCUT2D eigenvalue weighted by Gasteiger charge is -2.18. The quantitative estimate of drug-likeness (QED) is 0.425. The van der Waals surface area contributed by atoms with E-state index in [2.05, 4.69) is 11.4 Å². The number of hydrogen-bond acceptors (Lipinski definition) is 6. The van der Waals surface area contributed by atoms with Gasteiger partial charge in [-0.15, -0.1) is 0 Å². The number of hydrogen-bond donors (Lipinski definition) is 1. The number of nitrogens with zero attached hydrogens (tertiary/aromatic N) is 2. The topological polar surface area (TPSA) is 105 Å². The summed E-state index contributed by atoms with van der Waals surface area (Å²) in [4.78, 5) is 51.2. The molecule has 2 heterocycles. The van der Waals surface area contributed by atoms with E-state index in [1.165, 1.54) is 5.57 Å². The number of nitrogens with one attached hydrogen (secondary N) is 1. The van der Waals surface area contributed by atoms with Gasteiger partial charge in [0.1, 0.15) is 6.54 Å². The van der Waals surface area contributed by atoms with Gasteiger partial charge in [0.15, 0.2) is 11.5 Å². The fourth-order valence-corrected chi connectivity index (χ4v) is 3.86. The third kappa shape index (κ3) is 4.70. The van der Waals surface area contributed by atoms with E-state index in [-0.39, 0.29) is 6.54 Å². The molecule has 9 nitrogen and oxygen atoms in total. The summed E-state index contributed by atoms with van der Waals surface area (Å²) in [6, 6.07) is 4.21. The molecule has 0 bridgehead atoms. The molecule has 1 saturated heterocycles. The van der Waals surface area contributed by atoms with Crippen molar-refractivity contribution in [2.45, 2.75) is 38.5 Å². The Kier molecular flexibility index (Phi) is 6.20. The van der Waals surface area contributed by atoms with Gasteiger partial charge in [0.25, 0.3) is 0 Å². The predicted octanol–water partition coefficient (Wildman–Crippen LogP) is 2.47. The predicted molar refractivity (Wildman–Crippen MR) is 111 cm³/mol. The first-order valence-corrected chi connectivity index (χ1v) is 10.6. The molecule has 31 heavy (non-hydrogen) atoms. The Balaban J connectivity index is 1.36. The molecule has 164 valence electrons. The van der Waals surface area contributed by atoms with Crippen LogP contribution in [-0.4, -0.2) is 59.9 Å². The summed E-state index contributed by atoms with van der Waals surface area (Å²) in [6.45, 7) is 0.683. The van der Waals surface area contributed by atoms with Crippen LogP contribution in [-0.2, 0) is 14.4 Å². The van der Waals surface area contributed by atoms with Gasteiger partial charge in [-0.1, -0.05) is 11.6 Å². The molecule has 2 aliphatic heterocycles. The monoisotopic (exact) mass is 427 g/mol. The number of rotatable bonds is 6. The van der Waals surface area contributed by atoms with Gasteiger partial charge in [-0.05, 0) is 44.2 Å². The molecule has 0 spiro atoms. The Hall–Kier alpha value is -3.36. The van der Waals surface area contributed by atoms with Crippen LogP contribution in [0.25, 0.3) is 0 Å². The SMILES string of the molecule is O=C(CN1C(=O)C(=O)N(CCC2=CCCCC2)C1=O)Nc1ccc2c(c1)OCCCO2. The average Bonchev–Trinajstić information content (AvgIpc) is 2.94. The molecule has 1 fully saturated rings. The third-order valence-electron chi connectivity index (χ3n) is 5.51. The van der Waals surface area contributed by atoms with Crippen molar-refractivity contribution in [1.82, 2.24) is 9.80 Å². The van der Waals surface area contributed by atoms with E-state index in [0.717, 1.165) is 37.0 Å². The van der Waals surface area contributed by atoms with Gasteiger partial charge >= 0.3 is 17.8 Å². The van der Waals surface area contributed by atoms with Gasteiger partial charge in [0.2, 0.25) is 5.91 Å². The molecule has 1 aromatic rings. The van der Waals surface area contributed by atoms with Gasteiger partial charge in [0.05, 0.1) is 13.2 Å². The first-order valence-electron chi connectivity index (χ1n) is 10.6. The zero-order chi connectivity index (χ0) is 21.8. The van der Waals surface area contributed by atoms with E-state index in [0.29, 0.717) is 41.7 Å². The van der Waals surface area contributed by atoms with Gasteiger partial charge in [-0.25, -0.2) is 9.69 Å². The molecule has 9 heteroatoms. The van der Waals surface area contributed by atoms with Crippen molar-refractivity contribution in [2.75, 3.05) is 31.6 Å². The highest BCUT2D eigenvalue weighted by atomic mass is 16.5. The summed E-state index contributed by atoms with van der Waals surface area (Å²) in [5.74, 6) is -1.33. The third-order valence-corrected chi connectivity index (χ3v) is 5.51. The molecule has 3 aliphatic rings. The first kappa shape index (κ1) is 20.9. The van der Waals surface area contributed by atoms with Crippen molar-refractivity contribution in [1.29, 1.82) is 0 Å². The normalized spacial score (nSPS) is 18.7. The zero-order valence-electron chi connectivity index (χ0n) is 17.2. The highest BCUT2D eigenvalue weighted by Gasteiger charge is 2.44. The number of imide groups is 2. The molecule has 0 atom stereocenters. The Bertz CT molecular complexity index is 941. The minimum Gasteiger partial charge on any atom is -0.490 e. The first-order chi connectivity index (χ1) is 15.0. The summed E-state index contributed by atoms with van der Waals surface area (Å²) in [6.07, 6.45) is 7.65. The van der Waals surface area contributed by atoms with Crippen LogP contribution in [0.2, 0.25) is 0 Å². The van der Waals surface area contributed by atoms with E-state index in [4.69, 9.17) is 9.47 Å². The Labute approximate surface area is 180 Å². The number of amides is 5. The van der Waals surface area contributed by atoms with Crippen molar-refractivity contribution >= 4 is 29.4 Å². The van der Waals surface area contributed by atoms with Crippen molar-refractivity contribution in [3.8, 4) is 11.5 Å². The summed E-state index contributed by atoms with van der Waals surface area (Å²) in [5.41, 5.74) is 1.64. The summed E-state index contributed by atoms with van der Waals surface area (Å²) in [7, 11) is 0. The average molecular weight is 427 g/mol. The molecule has 0 unspecified atom stereocenters. The number of urea groups is 1. The van der Waals surface area contributed by atoms with Crippen LogP contribution in [0.5, 0.6) is 11.5 Å². The number of fused-ring (bicyclic) bond motifs is 1. The van der Waals surface area contributed by atoms with Crippen LogP contribution >= 0.6 is 0 Å². The molecule has 4 rings (SSSR count). The summed E-state index contributed by atoms with van der Waals surface area (Å²) >= 11 is 0. The minimum atomic E-state index is -0.976. The van der Waals surface area contributed by atoms with Crippen molar-refractivity contribution < 1.29 is 28.7 Å². The highest BCUT2D eigenvalue weighted by Crippen LogP contribution is 2.32. The largest absolute Gasteiger partial charge is 0.490 e. The smallest absolute Gasteiger partial charge is 0.334 e. The van der Waals surface area contributed by atoms with Crippen molar-refractivity contribution in [3.63, 3.8) is 0 Å². The van der Waals surface area contributed by atoms with E-state index in [1.807, 2.05) is 0 Å². The number of benzene rings is 1. The Morgan fingerprint density at radius 3 is 2.52 bits per heavy atom. The molecule has 1 N–H and O–H groups in total. The highest BCUT2D eigenvalue weighted by molar-refractivity contribution is 6.45. The lowest BCUT2D eigenvalue weighted by Crippen LogP contribution is -2.39. The van der Waals surface area contributed by atoms with Crippen LogP contribution < -0.4 is 14.8 Å². The Morgan fingerprint density at radius 1 is 0.968 bits per heavy atom. The fraction of sp³-hybridized carbons (Fsp3) is 0.455. The van der Waals surface area contributed by atoms with E-state index in [9.17, 15) is 19.2 Å². The summed E-state index contributed by atoms with van der Waals surface area (Å²) in [5, 5.41) is 2.63. The van der Waals surface area contributed by atoms with E-state index in [1.54, 1.807) is 18.2 Å². The maximum absolute atomic E-state index is 12.6. The van der Waals surface area contributed by atoms with Gasteiger partial charge in [-0.3, -0.25) is 19.3 Å².